The number of hydrogen-bond acceptors (Lipinski definition) is 5. The molecule has 3 rings (SSSR count). The minimum absolute atomic E-state index is 0.664. The summed E-state index contributed by atoms with van der Waals surface area (Å²) < 4.78 is 6.03. The summed E-state index contributed by atoms with van der Waals surface area (Å²) in [6, 6.07) is 12.2. The third-order valence-corrected chi connectivity index (χ3v) is 5.53. The van der Waals surface area contributed by atoms with Gasteiger partial charge >= 0.3 is 0 Å². The average molecular weight is 359 g/mol. The first-order chi connectivity index (χ1) is 12.1. The highest BCUT2D eigenvalue weighted by Gasteiger charge is 2.40. The number of rotatable bonds is 5. The molecule has 0 aliphatic carbocycles. The van der Waals surface area contributed by atoms with Gasteiger partial charge in [-0.25, -0.2) is 4.98 Å². The summed E-state index contributed by atoms with van der Waals surface area (Å²) in [4.78, 5) is 10.3. The highest BCUT2D eigenvalue weighted by molar-refractivity contribution is 7.80. The predicted molar refractivity (Wildman–Crippen MR) is 106 cm³/mol. The van der Waals surface area contributed by atoms with Gasteiger partial charge in [0.25, 0.3) is 0 Å². The number of thiocarbonyl (C=S) groups is 1. The molecule has 1 aliphatic heterocycles. The standard InChI is InChI=1S/C19H26N4OS/c1-20-18(25)19(24-3,14-23-12-10-22(2)11-13-23)17-9-8-15-6-4-5-7-16(15)21-17/h4-9H,10-14H2,1-3H3,(H,20,25). The maximum absolute atomic E-state index is 6.03. The van der Waals surface area contributed by atoms with Gasteiger partial charge < -0.3 is 15.0 Å². The van der Waals surface area contributed by atoms with Gasteiger partial charge in [0.2, 0.25) is 0 Å². The second-order valence-corrected chi connectivity index (χ2v) is 6.99. The lowest BCUT2D eigenvalue weighted by Gasteiger charge is -2.40. The molecule has 1 saturated heterocycles. The van der Waals surface area contributed by atoms with Gasteiger partial charge in [-0.15, -0.1) is 0 Å². The molecule has 1 aromatic heterocycles. The van der Waals surface area contributed by atoms with Crippen LogP contribution in [0.1, 0.15) is 5.69 Å². The first-order valence-electron chi connectivity index (χ1n) is 8.63. The van der Waals surface area contributed by atoms with Crippen LogP contribution >= 0.6 is 12.2 Å². The maximum Gasteiger partial charge on any atom is 0.172 e. The van der Waals surface area contributed by atoms with Crippen LogP contribution in [-0.2, 0) is 10.3 Å². The normalized spacial score (nSPS) is 18.8. The molecule has 1 atom stereocenters. The van der Waals surface area contributed by atoms with E-state index in [-0.39, 0.29) is 0 Å². The molecule has 0 bridgehead atoms. The van der Waals surface area contributed by atoms with Gasteiger partial charge in [-0.2, -0.15) is 0 Å². The van der Waals surface area contributed by atoms with Crippen molar-refractivity contribution in [2.24, 2.45) is 0 Å². The van der Waals surface area contributed by atoms with Crippen LogP contribution in [0.25, 0.3) is 10.9 Å². The zero-order valence-corrected chi connectivity index (χ0v) is 16.0. The van der Waals surface area contributed by atoms with E-state index in [9.17, 15) is 0 Å². The first-order valence-corrected chi connectivity index (χ1v) is 9.04. The van der Waals surface area contributed by atoms with E-state index in [0.29, 0.717) is 11.5 Å². The minimum Gasteiger partial charge on any atom is -0.380 e. The summed E-state index contributed by atoms with van der Waals surface area (Å²) in [5.41, 5.74) is 1.06. The second-order valence-electron chi connectivity index (χ2n) is 6.58. The van der Waals surface area contributed by atoms with Crippen LogP contribution in [0, 0.1) is 0 Å². The third kappa shape index (κ3) is 3.67. The Morgan fingerprint density at radius 1 is 1.20 bits per heavy atom. The fourth-order valence-corrected chi connectivity index (χ4v) is 3.60. The minimum atomic E-state index is -0.746. The van der Waals surface area contributed by atoms with Crippen LogP contribution in [-0.4, -0.2) is 73.7 Å². The van der Waals surface area contributed by atoms with Crippen molar-refractivity contribution in [2.45, 2.75) is 5.60 Å². The fraction of sp³-hybridized carbons (Fsp3) is 0.474. The van der Waals surface area contributed by atoms with Gasteiger partial charge in [0, 0.05) is 52.3 Å². The number of methoxy groups -OCH3 is 1. The number of nitrogens with one attached hydrogen (secondary N) is 1. The van der Waals surface area contributed by atoms with Crippen molar-refractivity contribution in [1.29, 1.82) is 0 Å². The van der Waals surface area contributed by atoms with Crippen LogP contribution in [0.3, 0.4) is 0 Å². The number of benzene rings is 1. The van der Waals surface area contributed by atoms with Crippen molar-refractivity contribution in [2.75, 3.05) is 53.9 Å². The Labute approximate surface area is 155 Å². The molecule has 0 radical (unpaired) electrons. The Hall–Kier alpha value is -1.60. The largest absolute Gasteiger partial charge is 0.380 e. The summed E-state index contributed by atoms with van der Waals surface area (Å²) in [6.45, 7) is 4.81. The molecule has 2 aromatic rings. The lowest BCUT2D eigenvalue weighted by molar-refractivity contribution is 0.0000738. The number of likely N-dealkylation sites (N-methyl/N-ethyl adjacent to an activating group) is 2. The first kappa shape index (κ1) is 18.2. The van der Waals surface area contributed by atoms with Crippen molar-refractivity contribution >= 4 is 28.1 Å². The lowest BCUT2D eigenvalue weighted by atomic mass is 9.96. The molecule has 0 amide bonds. The molecule has 1 aliphatic rings. The predicted octanol–water partition coefficient (Wildman–Crippen LogP) is 1.87. The number of ether oxygens (including phenoxy) is 1. The average Bonchev–Trinajstić information content (AvgIpc) is 2.66. The quantitative estimate of drug-likeness (QED) is 0.823. The van der Waals surface area contributed by atoms with Gasteiger partial charge in [0.15, 0.2) is 5.60 Å². The van der Waals surface area contributed by atoms with Crippen LogP contribution in [0.15, 0.2) is 36.4 Å². The Morgan fingerprint density at radius 3 is 2.60 bits per heavy atom. The summed E-state index contributed by atoms with van der Waals surface area (Å²) in [6.07, 6.45) is 0. The molecule has 25 heavy (non-hydrogen) atoms. The Morgan fingerprint density at radius 2 is 1.92 bits per heavy atom. The molecule has 1 unspecified atom stereocenters. The van der Waals surface area contributed by atoms with Gasteiger partial charge in [-0.3, -0.25) is 4.90 Å². The molecule has 2 heterocycles. The zero-order valence-electron chi connectivity index (χ0n) is 15.2. The van der Waals surface area contributed by atoms with Crippen molar-refractivity contribution in [3.8, 4) is 0 Å². The number of fused-ring (bicyclic) bond motifs is 1. The second kappa shape index (κ2) is 7.74. The highest BCUT2D eigenvalue weighted by atomic mass is 32.1. The molecule has 5 nitrogen and oxygen atoms in total. The van der Waals surface area contributed by atoms with E-state index in [1.165, 1.54) is 0 Å². The number of piperazine rings is 1. The van der Waals surface area contributed by atoms with E-state index >= 15 is 0 Å². The molecule has 1 aromatic carbocycles. The summed E-state index contributed by atoms with van der Waals surface area (Å²) in [5, 5.41) is 4.25. The monoisotopic (exact) mass is 358 g/mol. The van der Waals surface area contributed by atoms with E-state index in [4.69, 9.17) is 21.9 Å². The molecule has 0 saturated carbocycles. The smallest absolute Gasteiger partial charge is 0.172 e. The molecule has 6 heteroatoms. The number of hydrogen-bond donors (Lipinski definition) is 1. The fourth-order valence-electron chi connectivity index (χ4n) is 3.34. The Kier molecular flexibility index (Phi) is 5.64. The van der Waals surface area contributed by atoms with Crippen LogP contribution < -0.4 is 5.32 Å². The van der Waals surface area contributed by atoms with Crippen LogP contribution in [0.5, 0.6) is 0 Å². The van der Waals surface area contributed by atoms with Gasteiger partial charge in [-0.05, 0) is 19.2 Å². The van der Waals surface area contributed by atoms with E-state index in [0.717, 1.165) is 42.8 Å². The Balaban J connectivity index is 1.98. The summed E-state index contributed by atoms with van der Waals surface area (Å²) in [5.74, 6) is 0. The van der Waals surface area contributed by atoms with Gasteiger partial charge in [0.1, 0.15) is 4.99 Å². The van der Waals surface area contributed by atoms with E-state index in [1.54, 1.807) is 7.11 Å². The maximum atomic E-state index is 6.03. The van der Waals surface area contributed by atoms with Crippen LogP contribution in [0.4, 0.5) is 0 Å². The SMILES string of the molecule is CNC(=S)C(CN1CCN(C)CC1)(OC)c1ccc2ccccc2n1. The topological polar surface area (TPSA) is 40.6 Å². The van der Waals surface area contributed by atoms with E-state index in [2.05, 4.69) is 34.3 Å². The van der Waals surface area contributed by atoms with Gasteiger partial charge in [-0.1, -0.05) is 36.5 Å². The van der Waals surface area contributed by atoms with E-state index in [1.807, 2.05) is 31.3 Å². The third-order valence-electron chi connectivity index (χ3n) is 5.00. The molecular weight excluding hydrogens is 332 g/mol. The zero-order chi connectivity index (χ0) is 17.9. The van der Waals surface area contributed by atoms with Gasteiger partial charge in [0.05, 0.1) is 11.2 Å². The number of para-hydroxylation sites is 1. The number of pyridine rings is 1. The summed E-state index contributed by atoms with van der Waals surface area (Å²) >= 11 is 5.67. The van der Waals surface area contributed by atoms with E-state index < -0.39 is 5.60 Å². The summed E-state index contributed by atoms with van der Waals surface area (Å²) in [7, 11) is 5.72. The molecular formula is C19H26N4OS. The van der Waals surface area contributed by atoms with Crippen LogP contribution in [0.2, 0.25) is 0 Å². The molecule has 0 spiro atoms. The molecule has 1 fully saturated rings. The molecule has 134 valence electrons. The number of aromatic nitrogens is 1. The van der Waals surface area contributed by atoms with Crippen molar-refractivity contribution in [3.05, 3.63) is 42.1 Å². The Bertz CT molecular complexity index is 745. The number of nitrogens with zero attached hydrogens (tertiary/aromatic N) is 3. The highest BCUT2D eigenvalue weighted by Crippen LogP contribution is 2.28. The van der Waals surface area contributed by atoms with Crippen molar-refractivity contribution < 1.29 is 4.74 Å². The van der Waals surface area contributed by atoms with Crippen molar-refractivity contribution in [3.63, 3.8) is 0 Å². The molecule has 1 N–H and O–H groups in total. The van der Waals surface area contributed by atoms with Crippen molar-refractivity contribution in [1.82, 2.24) is 20.1 Å². The lowest BCUT2D eigenvalue weighted by Crippen LogP contribution is -2.55.